The van der Waals surface area contributed by atoms with Crippen LogP contribution in [0.2, 0.25) is 5.02 Å². The summed E-state index contributed by atoms with van der Waals surface area (Å²) in [6.07, 6.45) is -4.67. The molecule has 0 unspecified atom stereocenters. The molecule has 1 aliphatic heterocycles. The van der Waals surface area contributed by atoms with E-state index in [1.807, 2.05) is 0 Å². The first kappa shape index (κ1) is 12.6. The summed E-state index contributed by atoms with van der Waals surface area (Å²) in [6.45, 7) is -0.0980. The van der Waals surface area contributed by atoms with E-state index in [1.54, 1.807) is 0 Å². The third kappa shape index (κ3) is 2.02. The van der Waals surface area contributed by atoms with Crippen LogP contribution in [-0.4, -0.2) is 19.3 Å². The molecule has 1 aromatic carbocycles. The Balaban J connectivity index is 2.57. The van der Waals surface area contributed by atoms with Crippen LogP contribution >= 0.6 is 11.6 Å². The second-order valence-corrected chi connectivity index (χ2v) is 4.57. The maximum atomic E-state index is 13.6. The minimum Gasteiger partial charge on any atom is -0.315 e. The molecule has 6 heteroatoms. The number of hydrogen-bond donors (Lipinski definition) is 1. The van der Waals surface area contributed by atoms with E-state index in [0.29, 0.717) is 0 Å². The Bertz CT molecular complexity index is 424. The van der Waals surface area contributed by atoms with Crippen molar-refractivity contribution in [1.82, 2.24) is 5.32 Å². The second kappa shape index (κ2) is 4.14. The van der Waals surface area contributed by atoms with E-state index in [1.165, 1.54) is 6.07 Å². The summed E-state index contributed by atoms with van der Waals surface area (Å²) >= 11 is 5.65. The number of nitrogens with one attached hydrogen (secondary N) is 1. The van der Waals surface area contributed by atoms with E-state index in [9.17, 15) is 17.6 Å². The average molecular weight is 268 g/mol. The Morgan fingerprint density at radius 2 is 2.00 bits per heavy atom. The Morgan fingerprint density at radius 1 is 1.29 bits per heavy atom. The van der Waals surface area contributed by atoms with Gasteiger partial charge in [0.2, 0.25) is 0 Å². The minimum atomic E-state index is -4.50. The third-order valence-electron chi connectivity index (χ3n) is 3.14. The van der Waals surface area contributed by atoms with Crippen LogP contribution in [0.4, 0.5) is 17.6 Å². The predicted molar refractivity (Wildman–Crippen MR) is 56.6 cm³/mol. The Labute approximate surface area is 101 Å². The fraction of sp³-hybridized carbons (Fsp3) is 0.455. The van der Waals surface area contributed by atoms with Crippen molar-refractivity contribution in [1.29, 1.82) is 0 Å². The van der Waals surface area contributed by atoms with E-state index in [2.05, 4.69) is 5.32 Å². The predicted octanol–water partition coefficient (Wildman–Crippen LogP) is 3.27. The number of benzene rings is 1. The zero-order valence-corrected chi connectivity index (χ0v) is 9.50. The number of hydrogen-bond acceptors (Lipinski definition) is 1. The monoisotopic (exact) mass is 267 g/mol. The molecule has 1 N–H and O–H groups in total. The van der Waals surface area contributed by atoms with Crippen molar-refractivity contribution in [2.75, 3.05) is 13.1 Å². The highest BCUT2D eigenvalue weighted by Gasteiger charge is 2.58. The Kier molecular flexibility index (Phi) is 3.08. The number of alkyl halides is 3. The molecular formula is C11H10ClF4N. The molecule has 2 rings (SSSR count). The molecule has 1 nitrogen and oxygen atoms in total. The van der Waals surface area contributed by atoms with E-state index in [-0.39, 0.29) is 30.1 Å². The zero-order chi connectivity index (χ0) is 12.7. The molecule has 1 saturated heterocycles. The van der Waals surface area contributed by atoms with Gasteiger partial charge in [-0.25, -0.2) is 4.39 Å². The molecule has 1 aliphatic rings. The molecule has 17 heavy (non-hydrogen) atoms. The normalized spacial score (nSPS) is 25.2. The maximum Gasteiger partial charge on any atom is 0.399 e. The summed E-state index contributed by atoms with van der Waals surface area (Å²) in [5.74, 6) is -0.865. The van der Waals surface area contributed by atoms with Gasteiger partial charge in [0.25, 0.3) is 0 Å². The van der Waals surface area contributed by atoms with Crippen molar-refractivity contribution in [3.05, 3.63) is 34.6 Å². The van der Waals surface area contributed by atoms with Crippen molar-refractivity contribution >= 4 is 11.6 Å². The van der Waals surface area contributed by atoms with Gasteiger partial charge in [0, 0.05) is 17.1 Å². The Morgan fingerprint density at radius 3 is 2.53 bits per heavy atom. The van der Waals surface area contributed by atoms with Gasteiger partial charge >= 0.3 is 6.18 Å². The van der Waals surface area contributed by atoms with E-state index < -0.39 is 17.4 Å². The SMILES string of the molecule is Fc1ccc(Cl)cc1[C@]1(C(F)(F)F)CCNC1. The average Bonchev–Trinajstić information content (AvgIpc) is 2.71. The molecule has 1 heterocycles. The number of rotatable bonds is 1. The molecule has 0 aromatic heterocycles. The third-order valence-corrected chi connectivity index (χ3v) is 3.38. The van der Waals surface area contributed by atoms with Crippen LogP contribution in [-0.2, 0) is 5.41 Å². The highest BCUT2D eigenvalue weighted by molar-refractivity contribution is 6.30. The van der Waals surface area contributed by atoms with Crippen LogP contribution in [0.1, 0.15) is 12.0 Å². The lowest BCUT2D eigenvalue weighted by atomic mass is 9.78. The van der Waals surface area contributed by atoms with Gasteiger partial charge in [-0.05, 0) is 31.2 Å². The summed E-state index contributed by atoms with van der Waals surface area (Å²) in [5, 5.41) is 2.74. The summed E-state index contributed by atoms with van der Waals surface area (Å²) in [6, 6.07) is 3.29. The molecule has 1 aromatic rings. The first-order valence-corrected chi connectivity index (χ1v) is 5.48. The molecule has 0 spiro atoms. The van der Waals surface area contributed by atoms with E-state index in [0.717, 1.165) is 12.1 Å². The first-order chi connectivity index (χ1) is 7.87. The lowest BCUT2D eigenvalue weighted by molar-refractivity contribution is -0.185. The topological polar surface area (TPSA) is 12.0 Å². The van der Waals surface area contributed by atoms with Gasteiger partial charge in [0.05, 0.1) is 0 Å². The second-order valence-electron chi connectivity index (χ2n) is 4.13. The highest BCUT2D eigenvalue weighted by Crippen LogP contribution is 2.46. The summed E-state index contributed by atoms with van der Waals surface area (Å²) in [4.78, 5) is 0. The molecule has 0 aliphatic carbocycles. The van der Waals surface area contributed by atoms with Gasteiger partial charge in [-0.15, -0.1) is 0 Å². The van der Waals surface area contributed by atoms with Crippen LogP contribution in [0, 0.1) is 5.82 Å². The molecule has 1 fully saturated rings. The zero-order valence-electron chi connectivity index (χ0n) is 8.74. The van der Waals surface area contributed by atoms with Gasteiger partial charge < -0.3 is 5.32 Å². The largest absolute Gasteiger partial charge is 0.399 e. The smallest absolute Gasteiger partial charge is 0.315 e. The van der Waals surface area contributed by atoms with Gasteiger partial charge in [-0.3, -0.25) is 0 Å². The van der Waals surface area contributed by atoms with Gasteiger partial charge in [-0.1, -0.05) is 11.6 Å². The maximum absolute atomic E-state index is 13.6. The lowest BCUT2D eigenvalue weighted by Gasteiger charge is -2.31. The fourth-order valence-electron chi connectivity index (χ4n) is 2.18. The van der Waals surface area contributed by atoms with Crippen molar-refractivity contribution in [3.63, 3.8) is 0 Å². The lowest BCUT2D eigenvalue weighted by Crippen LogP contribution is -2.44. The molecule has 0 bridgehead atoms. The molecule has 94 valence electrons. The number of halogens is 5. The first-order valence-electron chi connectivity index (χ1n) is 5.10. The summed E-state index contributed by atoms with van der Waals surface area (Å²) in [5.41, 5.74) is -2.54. The molecule has 0 saturated carbocycles. The molecular weight excluding hydrogens is 258 g/mol. The van der Waals surface area contributed by atoms with Crippen LogP contribution < -0.4 is 5.32 Å². The van der Waals surface area contributed by atoms with Crippen LogP contribution in [0.15, 0.2) is 18.2 Å². The minimum absolute atomic E-state index is 0.108. The van der Waals surface area contributed by atoms with Crippen molar-refractivity contribution in [3.8, 4) is 0 Å². The van der Waals surface area contributed by atoms with Gasteiger partial charge in [0.15, 0.2) is 0 Å². The summed E-state index contributed by atoms with van der Waals surface area (Å²) in [7, 11) is 0. The quantitative estimate of drug-likeness (QED) is 0.770. The van der Waals surface area contributed by atoms with E-state index >= 15 is 0 Å². The molecule has 0 radical (unpaired) electrons. The Hall–Kier alpha value is -0.810. The van der Waals surface area contributed by atoms with Crippen molar-refractivity contribution < 1.29 is 17.6 Å². The standard InChI is InChI=1S/C11H10ClF4N/c12-7-1-2-9(13)8(5-7)10(11(14,15)16)3-4-17-6-10/h1-2,5,17H,3-4,6H2/t10-/m0/s1. The van der Waals surface area contributed by atoms with Gasteiger partial charge in [0.1, 0.15) is 11.2 Å². The van der Waals surface area contributed by atoms with Crippen LogP contribution in [0.5, 0.6) is 0 Å². The summed E-state index contributed by atoms with van der Waals surface area (Å²) < 4.78 is 53.1. The van der Waals surface area contributed by atoms with E-state index in [4.69, 9.17) is 11.6 Å². The fourth-order valence-corrected chi connectivity index (χ4v) is 2.35. The molecule has 0 amide bonds. The highest BCUT2D eigenvalue weighted by atomic mass is 35.5. The van der Waals surface area contributed by atoms with Crippen molar-refractivity contribution in [2.45, 2.75) is 18.0 Å². The van der Waals surface area contributed by atoms with Gasteiger partial charge in [-0.2, -0.15) is 13.2 Å². The van der Waals surface area contributed by atoms with Crippen molar-refractivity contribution in [2.24, 2.45) is 0 Å². The van der Waals surface area contributed by atoms with Crippen LogP contribution in [0.3, 0.4) is 0 Å². The van der Waals surface area contributed by atoms with Crippen LogP contribution in [0.25, 0.3) is 0 Å². The molecule has 1 atom stereocenters.